The van der Waals surface area contributed by atoms with E-state index >= 15 is 0 Å². The van der Waals surface area contributed by atoms with Crippen LogP contribution in [0, 0.1) is 0 Å². The van der Waals surface area contributed by atoms with E-state index < -0.39 is 0 Å². The largest absolute Gasteiger partial charge is 0.456 e. The standard InChI is InChI=1S/C34H20N4O/c1-2-9-22(10-3-1)37-20-19-21-17-18-24-23-11-4-6-14-27(23)38(33(24)32(21)37)34-35-26-13-8-16-29-30(26)31(36-34)25-12-5-7-15-28(25)39-29/h1-20H. The quantitative estimate of drug-likeness (QED) is 0.239. The first-order valence-corrected chi connectivity index (χ1v) is 13.0. The first-order valence-electron chi connectivity index (χ1n) is 13.0. The molecule has 0 saturated carbocycles. The topological polar surface area (TPSA) is 44.9 Å². The lowest BCUT2D eigenvalue weighted by molar-refractivity contribution is 0.486. The van der Waals surface area contributed by atoms with Gasteiger partial charge in [-0.25, -0.2) is 9.97 Å². The Morgan fingerprint density at radius 3 is 2.36 bits per heavy atom. The molecule has 1 aliphatic rings. The summed E-state index contributed by atoms with van der Waals surface area (Å²) in [6, 6.07) is 39.7. The summed E-state index contributed by atoms with van der Waals surface area (Å²) in [4.78, 5) is 10.4. The minimum atomic E-state index is 0.644. The summed E-state index contributed by atoms with van der Waals surface area (Å²) in [6.45, 7) is 0. The van der Waals surface area contributed by atoms with Crippen LogP contribution in [0.1, 0.15) is 0 Å². The molecule has 5 heteroatoms. The van der Waals surface area contributed by atoms with Gasteiger partial charge in [0.15, 0.2) is 0 Å². The molecular formula is C34H20N4O. The average molecular weight is 501 g/mol. The van der Waals surface area contributed by atoms with Crippen LogP contribution in [-0.4, -0.2) is 19.1 Å². The first-order chi connectivity index (χ1) is 19.3. The van der Waals surface area contributed by atoms with Gasteiger partial charge in [0.2, 0.25) is 5.95 Å². The van der Waals surface area contributed by atoms with Crippen LogP contribution in [-0.2, 0) is 0 Å². The van der Waals surface area contributed by atoms with E-state index in [9.17, 15) is 0 Å². The Morgan fingerprint density at radius 1 is 0.590 bits per heavy atom. The third-order valence-corrected chi connectivity index (χ3v) is 7.75. The average Bonchev–Trinajstić information content (AvgIpc) is 3.57. The van der Waals surface area contributed by atoms with Crippen LogP contribution in [0.2, 0.25) is 0 Å². The third kappa shape index (κ3) is 2.79. The van der Waals surface area contributed by atoms with Crippen LogP contribution in [0.5, 0.6) is 11.5 Å². The van der Waals surface area contributed by atoms with Crippen molar-refractivity contribution >= 4 is 43.6 Å². The summed E-state index contributed by atoms with van der Waals surface area (Å²) in [7, 11) is 0. The minimum Gasteiger partial charge on any atom is -0.456 e. The number of hydrogen-bond acceptors (Lipinski definition) is 3. The van der Waals surface area contributed by atoms with Gasteiger partial charge in [0.1, 0.15) is 11.5 Å². The van der Waals surface area contributed by atoms with Crippen molar-refractivity contribution in [3.63, 3.8) is 0 Å². The molecule has 0 spiro atoms. The van der Waals surface area contributed by atoms with E-state index in [2.05, 4.69) is 88.1 Å². The van der Waals surface area contributed by atoms with Gasteiger partial charge in [-0.15, -0.1) is 0 Å². The van der Waals surface area contributed by atoms with Gasteiger partial charge in [-0.1, -0.05) is 66.7 Å². The number of aromatic nitrogens is 4. The van der Waals surface area contributed by atoms with Crippen molar-refractivity contribution in [2.75, 3.05) is 0 Å². The molecule has 182 valence electrons. The van der Waals surface area contributed by atoms with Crippen molar-refractivity contribution in [3.05, 3.63) is 121 Å². The summed E-state index contributed by atoms with van der Waals surface area (Å²) in [6.07, 6.45) is 2.15. The third-order valence-electron chi connectivity index (χ3n) is 7.75. The normalized spacial score (nSPS) is 12.3. The second-order valence-electron chi connectivity index (χ2n) is 9.89. The molecule has 0 radical (unpaired) electrons. The predicted molar refractivity (Wildman–Crippen MR) is 156 cm³/mol. The Labute approximate surface area is 223 Å². The van der Waals surface area contributed by atoms with Crippen LogP contribution in [0.25, 0.3) is 66.5 Å². The molecule has 0 fully saturated rings. The van der Waals surface area contributed by atoms with Crippen molar-refractivity contribution in [2.24, 2.45) is 0 Å². The van der Waals surface area contributed by atoms with Gasteiger partial charge in [0.25, 0.3) is 0 Å². The zero-order valence-corrected chi connectivity index (χ0v) is 20.7. The molecule has 1 aliphatic heterocycles. The molecule has 0 aliphatic carbocycles. The first kappa shape index (κ1) is 20.6. The van der Waals surface area contributed by atoms with Crippen molar-refractivity contribution in [1.29, 1.82) is 0 Å². The molecule has 5 aromatic carbocycles. The molecular weight excluding hydrogens is 480 g/mol. The lowest BCUT2D eigenvalue weighted by Crippen LogP contribution is -2.07. The Bertz CT molecular complexity index is 2260. The molecule has 4 heterocycles. The summed E-state index contributed by atoms with van der Waals surface area (Å²) in [5.41, 5.74) is 7.13. The Hall–Kier alpha value is -5.42. The lowest BCUT2D eigenvalue weighted by atomic mass is 10.0. The molecule has 0 bridgehead atoms. The van der Waals surface area contributed by atoms with Gasteiger partial charge < -0.3 is 9.30 Å². The van der Waals surface area contributed by atoms with Crippen molar-refractivity contribution in [3.8, 4) is 34.4 Å². The molecule has 3 aromatic heterocycles. The second-order valence-corrected chi connectivity index (χ2v) is 9.89. The minimum absolute atomic E-state index is 0.644. The number of rotatable bonds is 2. The SMILES string of the molecule is c1ccc(-n2ccc3ccc4c5ccccc5n(-c5nc6c7c(cccc7n5)Oc5ccccc5-6)c4c32)cc1. The molecule has 0 atom stereocenters. The van der Waals surface area contributed by atoms with Crippen LogP contribution in [0.15, 0.2) is 121 Å². The fraction of sp³-hybridized carbons (Fsp3) is 0. The molecule has 39 heavy (non-hydrogen) atoms. The molecule has 8 aromatic rings. The lowest BCUT2D eigenvalue weighted by Gasteiger charge is -2.21. The van der Waals surface area contributed by atoms with Crippen molar-refractivity contribution in [2.45, 2.75) is 0 Å². The summed E-state index contributed by atoms with van der Waals surface area (Å²) in [5, 5.41) is 4.45. The smallest absolute Gasteiger partial charge is 0.235 e. The van der Waals surface area contributed by atoms with E-state index in [1.54, 1.807) is 0 Å². The van der Waals surface area contributed by atoms with Gasteiger partial charge in [-0.05, 0) is 48.5 Å². The number of hydrogen-bond donors (Lipinski definition) is 0. The Kier molecular flexibility index (Phi) is 3.99. The maximum absolute atomic E-state index is 6.24. The number of nitrogens with zero attached hydrogens (tertiary/aromatic N) is 4. The second kappa shape index (κ2) is 7.55. The number of ether oxygens (including phenoxy) is 1. The summed E-state index contributed by atoms with van der Waals surface area (Å²) >= 11 is 0. The van der Waals surface area contributed by atoms with E-state index in [-0.39, 0.29) is 0 Å². The maximum atomic E-state index is 6.24. The Balaban J connectivity index is 1.46. The fourth-order valence-electron chi connectivity index (χ4n) is 6.07. The number of benzene rings is 5. The molecule has 9 rings (SSSR count). The van der Waals surface area contributed by atoms with Crippen molar-refractivity contribution < 1.29 is 4.74 Å². The van der Waals surface area contributed by atoms with Gasteiger partial charge in [0.05, 0.1) is 33.1 Å². The maximum Gasteiger partial charge on any atom is 0.235 e. The zero-order chi connectivity index (χ0) is 25.5. The monoisotopic (exact) mass is 500 g/mol. The number of para-hydroxylation sites is 3. The molecule has 0 N–H and O–H groups in total. The van der Waals surface area contributed by atoms with Gasteiger partial charge in [-0.2, -0.15) is 0 Å². The number of fused-ring (bicyclic) bond motifs is 7. The highest BCUT2D eigenvalue weighted by Crippen LogP contribution is 2.46. The highest BCUT2D eigenvalue weighted by molar-refractivity contribution is 6.18. The highest BCUT2D eigenvalue weighted by atomic mass is 16.5. The predicted octanol–water partition coefficient (Wildman–Crippen LogP) is 8.44. The molecule has 0 saturated heterocycles. The Morgan fingerprint density at radius 2 is 1.41 bits per heavy atom. The zero-order valence-electron chi connectivity index (χ0n) is 20.7. The molecule has 0 unspecified atom stereocenters. The van der Waals surface area contributed by atoms with Crippen LogP contribution < -0.4 is 4.74 Å². The molecule has 5 nitrogen and oxygen atoms in total. The van der Waals surface area contributed by atoms with E-state index in [0.29, 0.717) is 5.95 Å². The van der Waals surface area contributed by atoms with Gasteiger partial charge in [-0.3, -0.25) is 4.57 Å². The van der Waals surface area contributed by atoms with E-state index in [4.69, 9.17) is 14.7 Å². The highest BCUT2D eigenvalue weighted by Gasteiger charge is 2.25. The fourth-order valence-corrected chi connectivity index (χ4v) is 6.07. The van der Waals surface area contributed by atoms with Gasteiger partial charge >= 0.3 is 0 Å². The van der Waals surface area contributed by atoms with Crippen LogP contribution in [0.3, 0.4) is 0 Å². The van der Waals surface area contributed by atoms with E-state index in [1.807, 2.05) is 42.5 Å². The summed E-state index contributed by atoms with van der Waals surface area (Å²) in [5.74, 6) is 2.24. The molecule has 0 amide bonds. The van der Waals surface area contributed by atoms with Crippen LogP contribution in [0.4, 0.5) is 0 Å². The van der Waals surface area contributed by atoms with E-state index in [0.717, 1.165) is 55.9 Å². The summed E-state index contributed by atoms with van der Waals surface area (Å²) < 4.78 is 10.7. The van der Waals surface area contributed by atoms with Crippen molar-refractivity contribution in [1.82, 2.24) is 19.1 Å². The van der Waals surface area contributed by atoms with Crippen LogP contribution >= 0.6 is 0 Å². The van der Waals surface area contributed by atoms with Gasteiger partial charge in [0, 0.05) is 33.6 Å². The van der Waals surface area contributed by atoms with E-state index in [1.165, 1.54) is 16.2 Å².